The van der Waals surface area contributed by atoms with E-state index in [9.17, 15) is 28.4 Å². The molecule has 2 amide bonds. The molecule has 270 valence electrons. The van der Waals surface area contributed by atoms with Gasteiger partial charge in [0, 0.05) is 99.7 Å². The molecule has 50 heavy (non-hydrogen) atoms. The molecular formula is C35H42ClFN4O9. The van der Waals surface area contributed by atoms with Crippen molar-refractivity contribution >= 4 is 41.5 Å². The molecular weight excluding hydrogens is 675 g/mol. The van der Waals surface area contributed by atoms with E-state index in [1.807, 2.05) is 28.0 Å². The van der Waals surface area contributed by atoms with E-state index in [4.69, 9.17) is 32.0 Å². The quantitative estimate of drug-likeness (QED) is 0.259. The summed E-state index contributed by atoms with van der Waals surface area (Å²) in [5.74, 6) is -4.99. The molecule has 2 saturated heterocycles. The zero-order valence-corrected chi connectivity index (χ0v) is 28.6. The van der Waals surface area contributed by atoms with Crippen molar-refractivity contribution < 1.29 is 48.8 Å². The number of benzene rings is 2. The minimum atomic E-state index is -1.26. The van der Waals surface area contributed by atoms with E-state index >= 15 is 0 Å². The average molecular weight is 717 g/mol. The Morgan fingerprint density at radius 2 is 1.32 bits per heavy atom. The lowest BCUT2D eigenvalue weighted by Gasteiger charge is -2.39. The third-order valence-electron chi connectivity index (χ3n) is 8.54. The van der Waals surface area contributed by atoms with Crippen LogP contribution in [0.4, 0.5) is 9.18 Å². The molecule has 2 unspecified atom stereocenters. The number of fused-ring (bicyclic) bond motifs is 1. The molecule has 0 bridgehead atoms. The van der Waals surface area contributed by atoms with Crippen LogP contribution < -0.4 is 0 Å². The van der Waals surface area contributed by atoms with Crippen LogP contribution in [-0.4, -0.2) is 128 Å². The van der Waals surface area contributed by atoms with Gasteiger partial charge >= 0.3 is 29.9 Å². The first-order valence-electron chi connectivity index (χ1n) is 16.0. The Balaban J connectivity index is 0.000000352. The van der Waals surface area contributed by atoms with Crippen LogP contribution >= 0.6 is 11.6 Å². The highest BCUT2D eigenvalue weighted by Gasteiger charge is 2.37. The summed E-state index contributed by atoms with van der Waals surface area (Å²) in [6.07, 6.45) is 3.23. The monoisotopic (exact) mass is 716 g/mol. The SMILES string of the molecule is CC(C)N1CCN(CCN2CCN(C3CC(c4ccc(F)cc4)c4cc(Cl)ccc43)CC2)C1=O.O=C(O)/C=C\C(=O)O.O=C(O)/C=C\C(=O)O. The third kappa shape index (κ3) is 12.0. The van der Waals surface area contributed by atoms with Gasteiger partial charge in [0.15, 0.2) is 0 Å². The third-order valence-corrected chi connectivity index (χ3v) is 8.77. The first-order chi connectivity index (χ1) is 23.7. The normalized spacial score (nSPS) is 19.3. The fourth-order valence-corrected chi connectivity index (χ4v) is 6.30. The van der Waals surface area contributed by atoms with Gasteiger partial charge in [-0.25, -0.2) is 28.4 Å². The molecule has 3 aliphatic rings. The minimum Gasteiger partial charge on any atom is -0.478 e. The van der Waals surface area contributed by atoms with Crippen LogP contribution in [0.1, 0.15) is 48.9 Å². The summed E-state index contributed by atoms with van der Waals surface area (Å²) < 4.78 is 13.5. The number of carboxylic acids is 4. The van der Waals surface area contributed by atoms with E-state index < -0.39 is 23.9 Å². The number of hydrogen-bond acceptors (Lipinski definition) is 7. The Labute approximate surface area is 294 Å². The Kier molecular flexibility index (Phi) is 14.9. The van der Waals surface area contributed by atoms with Crippen LogP contribution in [0.3, 0.4) is 0 Å². The molecule has 2 fully saturated rings. The highest BCUT2D eigenvalue weighted by Crippen LogP contribution is 2.47. The first kappa shape index (κ1) is 39.6. The number of carbonyl (C=O) groups excluding carboxylic acids is 1. The molecule has 0 radical (unpaired) electrons. The molecule has 2 aromatic rings. The molecule has 0 spiro atoms. The number of piperazine rings is 1. The summed E-state index contributed by atoms with van der Waals surface area (Å²) >= 11 is 6.37. The Hall–Kier alpha value is -4.79. The number of amides is 2. The summed E-state index contributed by atoms with van der Waals surface area (Å²) in [5, 5.41) is 32.0. The summed E-state index contributed by atoms with van der Waals surface area (Å²) in [5.41, 5.74) is 3.77. The molecule has 2 atom stereocenters. The molecule has 5 rings (SSSR count). The van der Waals surface area contributed by atoms with Crippen LogP contribution in [0.25, 0.3) is 0 Å². The van der Waals surface area contributed by atoms with Gasteiger partial charge < -0.3 is 30.2 Å². The molecule has 13 nitrogen and oxygen atoms in total. The van der Waals surface area contributed by atoms with Crippen LogP contribution in [0, 0.1) is 5.82 Å². The zero-order chi connectivity index (χ0) is 37.0. The number of aliphatic carboxylic acids is 4. The smallest absolute Gasteiger partial charge is 0.328 e. The number of nitrogens with zero attached hydrogens (tertiary/aromatic N) is 4. The topological polar surface area (TPSA) is 179 Å². The van der Waals surface area contributed by atoms with Crippen molar-refractivity contribution in [2.45, 2.75) is 38.3 Å². The largest absolute Gasteiger partial charge is 0.478 e. The number of carbonyl (C=O) groups is 5. The summed E-state index contributed by atoms with van der Waals surface area (Å²) in [4.78, 5) is 59.8. The van der Waals surface area contributed by atoms with E-state index in [1.165, 1.54) is 11.1 Å². The molecule has 0 saturated carbocycles. The lowest BCUT2D eigenvalue weighted by molar-refractivity contribution is -0.134. The number of urea groups is 1. The highest BCUT2D eigenvalue weighted by atomic mass is 35.5. The first-order valence-corrected chi connectivity index (χ1v) is 16.4. The van der Waals surface area contributed by atoms with Crippen molar-refractivity contribution in [2.75, 3.05) is 52.4 Å². The zero-order valence-electron chi connectivity index (χ0n) is 27.8. The number of carboxylic acid groups (broad SMARTS) is 4. The Bertz CT molecular complexity index is 1510. The standard InChI is InChI=1S/C27H34ClFN4O.2C4H4O4/c1-19(2)33-16-15-32(27(33)34)14-11-30-9-12-31(13-10-30)26-18-24(20-3-6-22(29)7-4-20)25-17-21(28)5-8-23(25)26;2*5-3(6)1-2-4(7)8/h3-8,17,19,24,26H,9-16,18H2,1-2H3;2*1-2H,(H,5,6)(H,7,8)/b;2*2-1-. The van der Waals surface area contributed by atoms with Gasteiger partial charge in [-0.3, -0.25) is 9.80 Å². The van der Waals surface area contributed by atoms with Crippen molar-refractivity contribution in [3.63, 3.8) is 0 Å². The average Bonchev–Trinajstić information content (AvgIpc) is 3.63. The number of hydrogen-bond donors (Lipinski definition) is 4. The number of rotatable bonds is 10. The molecule has 15 heteroatoms. The maximum Gasteiger partial charge on any atom is 0.328 e. The predicted octanol–water partition coefficient (Wildman–Crippen LogP) is 4.24. The Morgan fingerprint density at radius 3 is 1.80 bits per heavy atom. The second-order valence-corrected chi connectivity index (χ2v) is 12.5. The molecule has 2 aliphatic heterocycles. The van der Waals surface area contributed by atoms with E-state index in [0.717, 1.165) is 69.4 Å². The van der Waals surface area contributed by atoms with Crippen molar-refractivity contribution in [3.8, 4) is 0 Å². The summed E-state index contributed by atoms with van der Waals surface area (Å²) in [6.45, 7) is 11.6. The summed E-state index contributed by atoms with van der Waals surface area (Å²) in [6, 6.07) is 14.0. The van der Waals surface area contributed by atoms with Gasteiger partial charge in [0.25, 0.3) is 0 Å². The van der Waals surface area contributed by atoms with Gasteiger partial charge in [-0.2, -0.15) is 0 Å². The van der Waals surface area contributed by atoms with Crippen LogP contribution in [0.2, 0.25) is 5.02 Å². The summed E-state index contributed by atoms with van der Waals surface area (Å²) in [7, 11) is 0. The van der Waals surface area contributed by atoms with E-state index in [-0.39, 0.29) is 23.8 Å². The second-order valence-electron chi connectivity index (χ2n) is 12.1. The molecule has 2 aromatic carbocycles. The van der Waals surface area contributed by atoms with Crippen LogP contribution in [0.5, 0.6) is 0 Å². The molecule has 2 heterocycles. The molecule has 1 aliphatic carbocycles. The minimum absolute atomic E-state index is 0.182. The molecule has 0 aromatic heterocycles. The van der Waals surface area contributed by atoms with Crippen molar-refractivity contribution in [3.05, 3.63) is 94.3 Å². The van der Waals surface area contributed by atoms with E-state index in [0.29, 0.717) is 30.3 Å². The van der Waals surface area contributed by atoms with Gasteiger partial charge in [0.1, 0.15) is 5.82 Å². The van der Waals surface area contributed by atoms with Gasteiger partial charge in [-0.05, 0) is 61.2 Å². The second kappa shape index (κ2) is 18.8. The van der Waals surface area contributed by atoms with E-state index in [2.05, 4.69) is 35.8 Å². The maximum atomic E-state index is 13.5. The predicted molar refractivity (Wildman–Crippen MR) is 183 cm³/mol. The van der Waals surface area contributed by atoms with Crippen molar-refractivity contribution in [2.24, 2.45) is 0 Å². The van der Waals surface area contributed by atoms with Gasteiger partial charge in [-0.15, -0.1) is 0 Å². The van der Waals surface area contributed by atoms with Gasteiger partial charge in [-0.1, -0.05) is 29.8 Å². The van der Waals surface area contributed by atoms with Crippen LogP contribution in [0.15, 0.2) is 66.8 Å². The van der Waals surface area contributed by atoms with E-state index in [1.54, 1.807) is 12.1 Å². The number of halogens is 2. The van der Waals surface area contributed by atoms with Crippen LogP contribution in [-0.2, 0) is 19.2 Å². The molecule has 4 N–H and O–H groups in total. The van der Waals surface area contributed by atoms with Gasteiger partial charge in [0.05, 0.1) is 0 Å². The maximum absolute atomic E-state index is 13.5. The van der Waals surface area contributed by atoms with Crippen molar-refractivity contribution in [1.82, 2.24) is 19.6 Å². The fourth-order valence-electron chi connectivity index (χ4n) is 6.12. The lowest BCUT2D eigenvalue weighted by atomic mass is 9.93. The Morgan fingerprint density at radius 1 is 0.780 bits per heavy atom. The van der Waals surface area contributed by atoms with Gasteiger partial charge in [0.2, 0.25) is 0 Å². The highest BCUT2D eigenvalue weighted by molar-refractivity contribution is 6.30. The lowest BCUT2D eigenvalue weighted by Crippen LogP contribution is -2.49. The van der Waals surface area contributed by atoms with Crippen molar-refractivity contribution in [1.29, 1.82) is 0 Å². The fraction of sp³-hybridized carbons (Fsp3) is 0.400.